The first kappa shape index (κ1) is 41.1. The summed E-state index contributed by atoms with van der Waals surface area (Å²) in [5.74, 6) is 0. The van der Waals surface area contributed by atoms with Gasteiger partial charge in [0.2, 0.25) is 0 Å². The third-order valence-corrected chi connectivity index (χ3v) is 8.97. The molecule has 0 saturated carbocycles. The molecule has 0 rings (SSSR count). The largest absolute Gasteiger partial charge is 0.472 e. The molecule has 41 heavy (non-hydrogen) atoms. The monoisotopic (exact) mass is 631 g/mol. The number of rotatable bonds is 32. The van der Waals surface area contributed by atoms with Gasteiger partial charge in [0.05, 0.1) is 41.0 Å². The molecule has 248 valence electrons. The lowest BCUT2D eigenvalue weighted by Gasteiger charge is -2.24. The highest BCUT2D eigenvalue weighted by Gasteiger charge is 2.22. The summed E-state index contributed by atoms with van der Waals surface area (Å²) >= 11 is 0. The van der Waals surface area contributed by atoms with E-state index in [-0.39, 0.29) is 33.0 Å². The highest BCUT2D eigenvalue weighted by Crippen LogP contribution is 2.43. The summed E-state index contributed by atoms with van der Waals surface area (Å²) < 4.78 is 43.7. The summed E-state index contributed by atoms with van der Waals surface area (Å²) in [7, 11) is -1.80. The minimum absolute atomic E-state index is 0.0319. The molecule has 10 nitrogen and oxygen atoms in total. The fraction of sp³-hybridized carbons (Fsp3) is 1.00. The van der Waals surface area contributed by atoms with Crippen molar-refractivity contribution in [1.29, 1.82) is 0 Å². The molecular formula is C29H65N2O8P2+. The number of nitrogens with zero attached hydrogens (tertiary/aromatic N) is 1. The Morgan fingerprint density at radius 2 is 0.707 bits per heavy atom. The lowest BCUT2D eigenvalue weighted by atomic mass is 10.0. The number of phosphoric acid groups is 2. The molecule has 0 radical (unpaired) electrons. The normalized spacial score (nSPS) is 15.2. The molecule has 0 amide bonds. The molecule has 0 saturated heterocycles. The second kappa shape index (κ2) is 26.5. The molecule has 0 heterocycles. The maximum atomic E-state index is 11.8. The van der Waals surface area contributed by atoms with Crippen molar-refractivity contribution in [2.45, 2.75) is 128 Å². The third-order valence-electron chi connectivity index (χ3n) is 6.94. The highest BCUT2D eigenvalue weighted by atomic mass is 31.2. The lowest BCUT2D eigenvalue weighted by molar-refractivity contribution is -0.870. The van der Waals surface area contributed by atoms with E-state index < -0.39 is 15.6 Å². The molecule has 0 aliphatic rings. The van der Waals surface area contributed by atoms with Crippen LogP contribution in [0.1, 0.15) is 128 Å². The van der Waals surface area contributed by atoms with Crippen LogP contribution in [-0.4, -0.2) is 74.9 Å². The van der Waals surface area contributed by atoms with Crippen molar-refractivity contribution in [2.75, 3.05) is 60.7 Å². The Morgan fingerprint density at radius 3 is 0.976 bits per heavy atom. The summed E-state index contributed by atoms with van der Waals surface area (Å²) in [6.45, 7) is 1.64. The number of phosphoric ester groups is 2. The van der Waals surface area contributed by atoms with Gasteiger partial charge in [-0.05, 0) is 12.8 Å². The van der Waals surface area contributed by atoms with E-state index in [2.05, 4.69) is 0 Å². The van der Waals surface area contributed by atoms with Crippen LogP contribution in [0.15, 0.2) is 0 Å². The molecular weight excluding hydrogens is 566 g/mol. The predicted molar refractivity (Wildman–Crippen MR) is 168 cm³/mol. The van der Waals surface area contributed by atoms with E-state index in [1.54, 1.807) is 0 Å². The van der Waals surface area contributed by atoms with Crippen molar-refractivity contribution in [2.24, 2.45) is 5.73 Å². The fourth-order valence-corrected chi connectivity index (χ4v) is 5.94. The van der Waals surface area contributed by atoms with Gasteiger partial charge in [0.1, 0.15) is 13.2 Å². The van der Waals surface area contributed by atoms with Gasteiger partial charge in [-0.15, -0.1) is 0 Å². The van der Waals surface area contributed by atoms with Crippen molar-refractivity contribution in [1.82, 2.24) is 0 Å². The van der Waals surface area contributed by atoms with Crippen molar-refractivity contribution in [3.8, 4) is 0 Å². The molecule has 0 fully saturated rings. The first-order valence-electron chi connectivity index (χ1n) is 16.2. The quantitative estimate of drug-likeness (QED) is 0.0387. The second-order valence-corrected chi connectivity index (χ2v) is 15.1. The van der Waals surface area contributed by atoms with Crippen LogP contribution in [0.3, 0.4) is 0 Å². The van der Waals surface area contributed by atoms with E-state index in [1.807, 2.05) is 21.1 Å². The SMILES string of the molecule is C[N+](C)(C)CCOP(=O)(O)OCCCCCCCCCCCCCCCCCCCCCCOP(=O)(O)OCCN. The van der Waals surface area contributed by atoms with Crippen LogP contribution in [0.5, 0.6) is 0 Å². The molecule has 12 heteroatoms. The molecule has 0 aliphatic carbocycles. The molecule has 0 spiro atoms. The molecule has 0 aromatic carbocycles. The van der Waals surface area contributed by atoms with Crippen LogP contribution in [0.4, 0.5) is 0 Å². The summed E-state index contributed by atoms with van der Waals surface area (Å²) in [5.41, 5.74) is 5.24. The Balaban J connectivity index is 3.26. The van der Waals surface area contributed by atoms with Crippen LogP contribution >= 0.6 is 15.6 Å². The highest BCUT2D eigenvalue weighted by molar-refractivity contribution is 7.47. The van der Waals surface area contributed by atoms with E-state index in [1.165, 1.54) is 89.9 Å². The standard InChI is InChI=1S/C29H64N2O8P2/c1-31(2,3)25-29-39-41(34,35)37-27-23-21-19-17-15-13-11-9-7-5-4-6-8-10-12-14-16-18-20-22-26-36-40(32,33)38-28-24-30/h4-30H2,1-3H3,(H-,32,33,34,35)/p+1. The Labute approximate surface area is 251 Å². The Hall–Kier alpha value is 0.140. The number of hydrogen-bond donors (Lipinski definition) is 3. The predicted octanol–water partition coefficient (Wildman–Crippen LogP) is 7.72. The fourth-order valence-electron chi connectivity index (χ4n) is 4.42. The molecule has 0 aromatic heterocycles. The molecule has 0 aliphatic heterocycles. The first-order valence-corrected chi connectivity index (χ1v) is 19.2. The van der Waals surface area contributed by atoms with Crippen molar-refractivity contribution >= 4 is 15.6 Å². The molecule has 2 unspecified atom stereocenters. The maximum absolute atomic E-state index is 11.8. The summed E-state index contributed by atoms with van der Waals surface area (Å²) in [4.78, 5) is 19.1. The van der Waals surface area contributed by atoms with Gasteiger partial charge >= 0.3 is 15.6 Å². The number of quaternary nitrogens is 1. The number of unbranched alkanes of at least 4 members (excludes halogenated alkanes) is 19. The van der Waals surface area contributed by atoms with E-state index in [9.17, 15) is 18.9 Å². The second-order valence-electron chi connectivity index (χ2n) is 12.1. The smallest absolute Gasteiger partial charge is 0.329 e. The third kappa shape index (κ3) is 32.9. The molecule has 2 atom stereocenters. The van der Waals surface area contributed by atoms with Crippen LogP contribution in [-0.2, 0) is 27.2 Å². The summed E-state index contributed by atoms with van der Waals surface area (Å²) in [6, 6.07) is 0. The van der Waals surface area contributed by atoms with Gasteiger partial charge in [0.15, 0.2) is 0 Å². The van der Waals surface area contributed by atoms with Crippen LogP contribution in [0.2, 0.25) is 0 Å². The Morgan fingerprint density at radius 1 is 0.463 bits per heavy atom. The maximum Gasteiger partial charge on any atom is 0.472 e. The van der Waals surface area contributed by atoms with Gasteiger partial charge in [-0.25, -0.2) is 9.13 Å². The van der Waals surface area contributed by atoms with E-state index in [0.717, 1.165) is 38.5 Å². The van der Waals surface area contributed by atoms with Gasteiger partial charge < -0.3 is 20.0 Å². The van der Waals surface area contributed by atoms with Crippen molar-refractivity contribution in [3.05, 3.63) is 0 Å². The zero-order valence-electron chi connectivity index (χ0n) is 26.6. The number of nitrogens with two attached hydrogens (primary N) is 1. The van der Waals surface area contributed by atoms with Gasteiger partial charge in [0.25, 0.3) is 0 Å². The average molecular weight is 632 g/mol. The van der Waals surface area contributed by atoms with Crippen molar-refractivity contribution < 1.29 is 41.5 Å². The number of hydrogen-bond acceptors (Lipinski definition) is 7. The minimum Gasteiger partial charge on any atom is -0.329 e. The molecule has 4 N–H and O–H groups in total. The van der Waals surface area contributed by atoms with Crippen molar-refractivity contribution in [3.63, 3.8) is 0 Å². The zero-order valence-corrected chi connectivity index (χ0v) is 28.4. The van der Waals surface area contributed by atoms with Gasteiger partial charge in [-0.3, -0.25) is 18.1 Å². The van der Waals surface area contributed by atoms with E-state index >= 15 is 0 Å². The topological polar surface area (TPSA) is 138 Å². The lowest BCUT2D eigenvalue weighted by Crippen LogP contribution is -2.37. The van der Waals surface area contributed by atoms with E-state index in [0.29, 0.717) is 11.0 Å². The van der Waals surface area contributed by atoms with Gasteiger partial charge in [-0.1, -0.05) is 116 Å². The van der Waals surface area contributed by atoms with Gasteiger partial charge in [0, 0.05) is 6.54 Å². The van der Waals surface area contributed by atoms with Crippen LogP contribution < -0.4 is 5.73 Å². The molecule has 0 bridgehead atoms. The molecule has 0 aromatic rings. The summed E-state index contributed by atoms with van der Waals surface area (Å²) in [5, 5.41) is 0. The minimum atomic E-state index is -3.91. The van der Waals surface area contributed by atoms with Gasteiger partial charge in [-0.2, -0.15) is 0 Å². The Bertz CT molecular complexity index is 680. The number of likely N-dealkylation sites (N-methyl/N-ethyl adjacent to an activating group) is 1. The summed E-state index contributed by atoms with van der Waals surface area (Å²) in [6.07, 6.45) is 24.2. The zero-order chi connectivity index (χ0) is 30.7. The van der Waals surface area contributed by atoms with Crippen LogP contribution in [0, 0.1) is 0 Å². The van der Waals surface area contributed by atoms with Crippen LogP contribution in [0.25, 0.3) is 0 Å². The van der Waals surface area contributed by atoms with E-state index in [4.69, 9.17) is 23.8 Å². The average Bonchev–Trinajstić information content (AvgIpc) is 2.89. The Kier molecular flexibility index (Phi) is 26.6. The first-order chi connectivity index (χ1) is 19.5.